The van der Waals surface area contributed by atoms with Crippen molar-refractivity contribution in [3.05, 3.63) is 59.2 Å². The predicted octanol–water partition coefficient (Wildman–Crippen LogP) is 4.85. The van der Waals surface area contributed by atoms with Gasteiger partial charge in [0.15, 0.2) is 0 Å². The van der Waals surface area contributed by atoms with Crippen LogP contribution in [-0.4, -0.2) is 105 Å². The molecule has 2 aromatic carbocycles. The molecule has 0 aromatic heterocycles. The molecule has 2 aliphatic heterocycles. The molecule has 0 saturated carbocycles. The van der Waals surface area contributed by atoms with Crippen molar-refractivity contribution in [1.82, 2.24) is 9.80 Å². The molecule has 0 spiro atoms. The second kappa shape index (κ2) is 15.1. The zero-order valence-corrected chi connectivity index (χ0v) is 26.9. The lowest BCUT2D eigenvalue weighted by molar-refractivity contribution is -0.870. The van der Waals surface area contributed by atoms with Gasteiger partial charge in [-0.15, -0.1) is 0 Å². The molecule has 0 radical (unpaired) electrons. The van der Waals surface area contributed by atoms with E-state index in [1.807, 2.05) is 35.2 Å². The summed E-state index contributed by atoms with van der Waals surface area (Å²) in [7, 11) is 8.21. The summed E-state index contributed by atoms with van der Waals surface area (Å²) in [4.78, 5) is 31.0. The first-order valence-corrected chi connectivity index (χ1v) is 16.0. The highest BCUT2D eigenvalue weighted by Crippen LogP contribution is 2.41. The van der Waals surface area contributed by atoms with Crippen molar-refractivity contribution in [3.63, 3.8) is 0 Å². The fourth-order valence-electron chi connectivity index (χ4n) is 6.76. The number of methoxy groups -OCH3 is 1. The molecule has 1 fully saturated rings. The maximum Gasteiger partial charge on any atom is 0.308 e. The summed E-state index contributed by atoms with van der Waals surface area (Å²) in [5, 5.41) is 10.6. The molecule has 0 aliphatic carbocycles. The fraction of sp³-hybridized carbons (Fsp3) is 0.600. The van der Waals surface area contributed by atoms with Crippen molar-refractivity contribution in [2.75, 3.05) is 67.6 Å². The summed E-state index contributed by atoms with van der Waals surface area (Å²) >= 11 is 0. The number of carbonyl (C=O) groups is 2. The molecule has 3 atom stereocenters. The highest BCUT2D eigenvalue weighted by atomic mass is 16.5. The lowest BCUT2D eigenvalue weighted by Gasteiger charge is -2.31. The van der Waals surface area contributed by atoms with Crippen LogP contribution in [0.1, 0.15) is 61.6 Å². The van der Waals surface area contributed by atoms with E-state index in [9.17, 15) is 14.7 Å². The molecule has 1 saturated heterocycles. The predicted molar refractivity (Wildman–Crippen MR) is 170 cm³/mol. The molecule has 2 aliphatic rings. The van der Waals surface area contributed by atoms with E-state index in [1.54, 1.807) is 7.11 Å². The van der Waals surface area contributed by atoms with Crippen molar-refractivity contribution in [1.29, 1.82) is 0 Å². The van der Waals surface area contributed by atoms with E-state index in [4.69, 9.17) is 9.47 Å². The van der Waals surface area contributed by atoms with Gasteiger partial charge in [-0.2, -0.15) is 0 Å². The van der Waals surface area contributed by atoms with E-state index in [0.717, 1.165) is 90.8 Å². The number of amides is 1. The van der Waals surface area contributed by atoms with Gasteiger partial charge in [0.1, 0.15) is 11.5 Å². The number of unbranched alkanes of at least 4 members (excludes halogenated alkanes) is 1. The van der Waals surface area contributed by atoms with E-state index in [0.29, 0.717) is 19.6 Å². The van der Waals surface area contributed by atoms with Gasteiger partial charge >= 0.3 is 5.97 Å². The number of ether oxygens (including phenoxy) is 2. The number of fused-ring (bicyclic) bond motifs is 1. The van der Waals surface area contributed by atoms with Crippen LogP contribution in [0.15, 0.2) is 42.5 Å². The number of benzene rings is 2. The van der Waals surface area contributed by atoms with Crippen LogP contribution in [0.5, 0.6) is 11.5 Å². The van der Waals surface area contributed by atoms with Gasteiger partial charge in [-0.05, 0) is 54.5 Å². The van der Waals surface area contributed by atoms with Gasteiger partial charge in [-0.25, -0.2) is 0 Å². The summed E-state index contributed by atoms with van der Waals surface area (Å²) in [6, 6.07) is 13.9. The van der Waals surface area contributed by atoms with E-state index in [1.165, 1.54) is 0 Å². The van der Waals surface area contributed by atoms with Gasteiger partial charge in [0.25, 0.3) is 0 Å². The summed E-state index contributed by atoms with van der Waals surface area (Å²) in [5.74, 6) is 0.299. The van der Waals surface area contributed by atoms with E-state index < -0.39 is 11.9 Å². The molecule has 1 amide bonds. The third-order valence-corrected chi connectivity index (χ3v) is 9.04. The Kier molecular flexibility index (Phi) is 11.5. The maximum absolute atomic E-state index is 13.9. The molecule has 1 N–H and O–H groups in total. The number of aryl methyl sites for hydroxylation is 1. The number of aliphatic carboxylic acids is 1. The molecule has 0 bridgehead atoms. The van der Waals surface area contributed by atoms with Crippen LogP contribution >= 0.6 is 0 Å². The van der Waals surface area contributed by atoms with Gasteiger partial charge in [0.2, 0.25) is 5.91 Å². The Bertz CT molecular complexity index is 1230. The Morgan fingerprint density at radius 3 is 2.58 bits per heavy atom. The minimum absolute atomic E-state index is 0.108. The largest absolute Gasteiger partial charge is 0.496 e. The highest BCUT2D eigenvalue weighted by Gasteiger charge is 2.47. The first kappa shape index (κ1) is 32.8. The number of nitrogens with zero attached hydrogens (tertiary/aromatic N) is 3. The van der Waals surface area contributed by atoms with Crippen LogP contribution in [0.25, 0.3) is 0 Å². The average Bonchev–Trinajstić information content (AvgIpc) is 3.58. The van der Waals surface area contributed by atoms with Crippen LogP contribution in [-0.2, 0) is 22.4 Å². The Morgan fingerprint density at radius 1 is 1.09 bits per heavy atom. The summed E-state index contributed by atoms with van der Waals surface area (Å²) in [5.41, 5.74) is 3.30. The van der Waals surface area contributed by atoms with Crippen LogP contribution < -0.4 is 9.47 Å². The van der Waals surface area contributed by atoms with Crippen LogP contribution in [0.4, 0.5) is 0 Å². The number of likely N-dealkylation sites (tertiary alicyclic amines) is 1. The molecule has 2 heterocycles. The normalized spacial score (nSPS) is 20.1. The second-order valence-corrected chi connectivity index (χ2v) is 13.2. The lowest BCUT2D eigenvalue weighted by Crippen LogP contribution is -2.45. The smallest absolute Gasteiger partial charge is 0.308 e. The second-order valence-electron chi connectivity index (χ2n) is 13.2. The number of rotatable bonds is 16. The third kappa shape index (κ3) is 8.73. The third-order valence-electron chi connectivity index (χ3n) is 9.04. The minimum Gasteiger partial charge on any atom is -0.496 e. The SMILES string of the molecule is CCCCN(CCC[N+](C)(C)C)C(=O)CN1C[C@H](c2ccc3c(c2)CCO3)C(C(=O)O)[C@@H]1CCCc1ccccc1OC. The molecule has 236 valence electrons. The Hall–Kier alpha value is -3.10. The molecule has 4 rings (SSSR count). The highest BCUT2D eigenvalue weighted by molar-refractivity contribution is 5.79. The standard InChI is InChI=1S/C35H51N3O5/c1-6-7-19-36(20-11-21-38(2,3)4)33(39)25-37-24-29(27-16-17-32-28(23-27)18-22-43-32)34(35(40)41)30(37)14-10-13-26-12-8-9-15-31(26)42-5/h8-9,12,15-17,23,29-30,34H,6-7,10-11,13-14,18-22,24-25H2,1-5H3/p+1/t29-,30+,34?/m1/s1. The van der Waals surface area contributed by atoms with Gasteiger partial charge < -0.3 is 24.0 Å². The van der Waals surface area contributed by atoms with Gasteiger partial charge in [-0.3, -0.25) is 14.5 Å². The number of para-hydroxylation sites is 1. The fourth-order valence-corrected chi connectivity index (χ4v) is 6.76. The Morgan fingerprint density at radius 2 is 1.86 bits per heavy atom. The summed E-state index contributed by atoms with van der Waals surface area (Å²) in [6.45, 7) is 6.10. The number of carbonyl (C=O) groups excluding carboxylic acids is 1. The minimum atomic E-state index is -0.787. The Labute approximate surface area is 258 Å². The first-order valence-electron chi connectivity index (χ1n) is 16.0. The van der Waals surface area contributed by atoms with E-state index in [-0.39, 0.29) is 24.4 Å². The molecule has 1 unspecified atom stereocenters. The zero-order chi connectivity index (χ0) is 31.0. The first-order chi connectivity index (χ1) is 20.6. The van der Waals surface area contributed by atoms with E-state index >= 15 is 0 Å². The van der Waals surface area contributed by atoms with Crippen LogP contribution in [0.3, 0.4) is 0 Å². The number of quaternary nitrogens is 1. The number of hydrogen-bond acceptors (Lipinski definition) is 5. The quantitative estimate of drug-likeness (QED) is 0.280. The number of carboxylic acid groups (broad SMARTS) is 1. The van der Waals surface area contributed by atoms with Gasteiger partial charge in [-0.1, -0.05) is 43.7 Å². The number of hydrogen-bond donors (Lipinski definition) is 1. The van der Waals surface area contributed by atoms with Crippen molar-refractivity contribution in [2.24, 2.45) is 5.92 Å². The Balaban J connectivity index is 1.55. The number of carboxylic acids is 1. The molecular formula is C35H52N3O5+. The molecule has 2 aromatic rings. The monoisotopic (exact) mass is 594 g/mol. The summed E-state index contributed by atoms with van der Waals surface area (Å²) in [6.07, 6.45) is 6.09. The van der Waals surface area contributed by atoms with Crippen molar-refractivity contribution >= 4 is 11.9 Å². The maximum atomic E-state index is 13.9. The van der Waals surface area contributed by atoms with Gasteiger partial charge in [0, 0.05) is 44.4 Å². The van der Waals surface area contributed by atoms with Crippen molar-refractivity contribution in [3.8, 4) is 11.5 Å². The van der Waals surface area contributed by atoms with Crippen molar-refractivity contribution < 1.29 is 28.7 Å². The molecule has 8 nitrogen and oxygen atoms in total. The van der Waals surface area contributed by atoms with Crippen LogP contribution in [0.2, 0.25) is 0 Å². The van der Waals surface area contributed by atoms with Crippen molar-refractivity contribution in [2.45, 2.75) is 63.8 Å². The molecule has 8 heteroatoms. The van der Waals surface area contributed by atoms with Gasteiger partial charge in [0.05, 0.1) is 53.9 Å². The molecular weight excluding hydrogens is 542 g/mol. The summed E-state index contributed by atoms with van der Waals surface area (Å²) < 4.78 is 12.1. The molecule has 43 heavy (non-hydrogen) atoms. The average molecular weight is 595 g/mol. The zero-order valence-electron chi connectivity index (χ0n) is 26.9. The topological polar surface area (TPSA) is 79.3 Å². The van der Waals surface area contributed by atoms with E-state index in [2.05, 4.69) is 45.1 Å². The lowest BCUT2D eigenvalue weighted by atomic mass is 9.83. The van der Waals surface area contributed by atoms with Crippen LogP contribution in [0, 0.1) is 5.92 Å².